The summed E-state index contributed by atoms with van der Waals surface area (Å²) in [5.41, 5.74) is 1.09. The van der Waals surface area contributed by atoms with Crippen LogP contribution in [0.2, 0.25) is 0 Å². The summed E-state index contributed by atoms with van der Waals surface area (Å²) in [5, 5.41) is 16.6. The second kappa shape index (κ2) is 5.90. The van der Waals surface area contributed by atoms with Gasteiger partial charge in [-0.15, -0.1) is 10.2 Å². The lowest BCUT2D eigenvalue weighted by Crippen LogP contribution is -2.38. The molecule has 0 aromatic carbocycles. The van der Waals surface area contributed by atoms with Gasteiger partial charge in [-0.2, -0.15) is 5.10 Å². The summed E-state index contributed by atoms with van der Waals surface area (Å²) in [6.07, 6.45) is 7.00. The van der Waals surface area contributed by atoms with Crippen LogP contribution in [0.25, 0.3) is 0 Å². The first kappa shape index (κ1) is 16.0. The molecule has 8 heteroatoms. The quantitative estimate of drug-likeness (QED) is 0.837. The lowest BCUT2D eigenvalue weighted by molar-refractivity contribution is -0.129. The van der Waals surface area contributed by atoms with Crippen LogP contribution < -0.4 is 5.32 Å². The number of rotatable bonds is 6. The van der Waals surface area contributed by atoms with E-state index in [2.05, 4.69) is 30.1 Å². The Bertz CT molecular complexity index is 832. The van der Waals surface area contributed by atoms with Gasteiger partial charge in [0.1, 0.15) is 11.6 Å². The Morgan fingerprint density at radius 1 is 1.19 bits per heavy atom. The average Bonchev–Trinajstić information content (AvgIpc) is 3.53. The van der Waals surface area contributed by atoms with Crippen LogP contribution in [0.15, 0.2) is 12.3 Å². The van der Waals surface area contributed by atoms with Crippen molar-refractivity contribution < 1.29 is 4.79 Å². The third kappa shape index (κ3) is 2.63. The predicted molar refractivity (Wildman–Crippen MR) is 94.0 cm³/mol. The highest BCUT2D eigenvalue weighted by Gasteiger charge is 2.48. The molecule has 3 fully saturated rings. The average molecular weight is 355 g/mol. The van der Waals surface area contributed by atoms with E-state index in [1.807, 2.05) is 31.0 Å². The molecule has 2 saturated carbocycles. The molecule has 3 heterocycles. The third-order valence-electron chi connectivity index (χ3n) is 5.93. The fraction of sp³-hybridized carbons (Fsp3) is 0.667. The van der Waals surface area contributed by atoms with Gasteiger partial charge in [0.25, 0.3) is 0 Å². The van der Waals surface area contributed by atoms with Gasteiger partial charge in [0.05, 0.1) is 18.3 Å². The zero-order valence-corrected chi connectivity index (χ0v) is 15.3. The van der Waals surface area contributed by atoms with E-state index in [-0.39, 0.29) is 18.0 Å². The topological polar surface area (TPSA) is 80.9 Å². The predicted octanol–water partition coefficient (Wildman–Crippen LogP) is 1.02. The first-order valence-corrected chi connectivity index (χ1v) is 9.54. The highest BCUT2D eigenvalue weighted by atomic mass is 16.2. The lowest BCUT2D eigenvalue weighted by atomic mass is 10.1. The fourth-order valence-corrected chi connectivity index (χ4v) is 4.19. The van der Waals surface area contributed by atoms with Gasteiger partial charge in [0.15, 0.2) is 0 Å². The number of aromatic nitrogens is 5. The van der Waals surface area contributed by atoms with Gasteiger partial charge in [0, 0.05) is 44.7 Å². The summed E-state index contributed by atoms with van der Waals surface area (Å²) < 4.78 is 4.00. The van der Waals surface area contributed by atoms with E-state index in [0.29, 0.717) is 24.9 Å². The van der Waals surface area contributed by atoms with Crippen molar-refractivity contribution in [3.8, 4) is 0 Å². The molecule has 0 spiro atoms. The molecule has 1 saturated heterocycles. The number of nitrogens with one attached hydrogen (secondary N) is 1. The Balaban J connectivity index is 1.36. The zero-order valence-electron chi connectivity index (χ0n) is 15.3. The van der Waals surface area contributed by atoms with Crippen LogP contribution in [-0.2, 0) is 25.4 Å². The maximum Gasteiger partial charge on any atom is 0.225 e. The van der Waals surface area contributed by atoms with Gasteiger partial charge in [-0.05, 0) is 31.7 Å². The van der Waals surface area contributed by atoms with Crippen LogP contribution >= 0.6 is 0 Å². The standard InChI is InChI=1S/C18H25N7O/c1-23-15(21-22-18(23)11-3-4-11)10-19-13-9-16(26)25(12-5-6-12)17(13)14-7-8-20-24(14)2/h7-8,11-13,17,19H,3-6,9-10H2,1-2H3/t13-,17-/m1/s1. The minimum atomic E-state index is 0.0404. The number of carbonyl (C=O) groups excluding carboxylic acids is 1. The smallest absolute Gasteiger partial charge is 0.225 e. The normalized spacial score (nSPS) is 26.1. The Morgan fingerprint density at radius 3 is 2.65 bits per heavy atom. The van der Waals surface area contributed by atoms with Gasteiger partial charge in [0.2, 0.25) is 5.91 Å². The summed E-state index contributed by atoms with van der Waals surface area (Å²) >= 11 is 0. The minimum absolute atomic E-state index is 0.0404. The Morgan fingerprint density at radius 2 is 2.00 bits per heavy atom. The minimum Gasteiger partial charge on any atom is -0.329 e. The third-order valence-corrected chi connectivity index (χ3v) is 5.93. The molecule has 0 bridgehead atoms. The molecule has 0 unspecified atom stereocenters. The van der Waals surface area contributed by atoms with Crippen molar-refractivity contribution in [1.82, 2.24) is 34.8 Å². The second-order valence-corrected chi connectivity index (χ2v) is 7.86. The van der Waals surface area contributed by atoms with E-state index >= 15 is 0 Å². The van der Waals surface area contributed by atoms with Crippen LogP contribution in [0, 0.1) is 0 Å². The Kier molecular flexibility index (Phi) is 3.63. The van der Waals surface area contributed by atoms with Crippen molar-refractivity contribution in [3.63, 3.8) is 0 Å². The van der Waals surface area contributed by atoms with Gasteiger partial charge in [-0.1, -0.05) is 0 Å². The molecule has 8 nitrogen and oxygen atoms in total. The molecule has 2 aliphatic carbocycles. The highest BCUT2D eigenvalue weighted by Crippen LogP contribution is 2.42. The number of hydrogen-bond acceptors (Lipinski definition) is 5. The van der Waals surface area contributed by atoms with E-state index in [1.165, 1.54) is 12.8 Å². The lowest BCUT2D eigenvalue weighted by Gasteiger charge is -2.28. The van der Waals surface area contributed by atoms with Crippen molar-refractivity contribution >= 4 is 5.91 Å². The summed E-state index contributed by atoms with van der Waals surface area (Å²) in [4.78, 5) is 14.8. The second-order valence-electron chi connectivity index (χ2n) is 7.86. The van der Waals surface area contributed by atoms with E-state index in [0.717, 1.165) is 30.2 Å². The van der Waals surface area contributed by atoms with Crippen molar-refractivity contribution in [3.05, 3.63) is 29.6 Å². The molecular formula is C18H25N7O. The van der Waals surface area contributed by atoms with E-state index in [1.54, 1.807) is 0 Å². The monoisotopic (exact) mass is 355 g/mol. The SMILES string of the molecule is Cn1nccc1[C@H]1[C@H](NCc2nnc(C3CC3)n2C)CC(=O)N1C1CC1. The van der Waals surface area contributed by atoms with Crippen molar-refractivity contribution in [2.24, 2.45) is 14.1 Å². The van der Waals surface area contributed by atoms with Crippen molar-refractivity contribution in [2.75, 3.05) is 0 Å². The highest BCUT2D eigenvalue weighted by molar-refractivity contribution is 5.81. The molecule has 2 aromatic heterocycles. The number of nitrogens with zero attached hydrogens (tertiary/aromatic N) is 6. The first-order valence-electron chi connectivity index (χ1n) is 9.54. The number of carbonyl (C=O) groups is 1. The molecule has 1 N–H and O–H groups in total. The largest absolute Gasteiger partial charge is 0.329 e. The maximum absolute atomic E-state index is 12.7. The van der Waals surface area contributed by atoms with Gasteiger partial charge in [-0.25, -0.2) is 0 Å². The number of likely N-dealkylation sites (tertiary alicyclic amines) is 1. The maximum atomic E-state index is 12.7. The van der Waals surface area contributed by atoms with E-state index in [9.17, 15) is 4.79 Å². The van der Waals surface area contributed by atoms with E-state index < -0.39 is 0 Å². The number of hydrogen-bond donors (Lipinski definition) is 1. The molecule has 138 valence electrons. The first-order chi connectivity index (χ1) is 12.6. The summed E-state index contributed by atoms with van der Waals surface area (Å²) in [6.45, 7) is 0.626. The Hall–Kier alpha value is -2.22. The van der Waals surface area contributed by atoms with Crippen LogP contribution in [0.3, 0.4) is 0 Å². The van der Waals surface area contributed by atoms with Crippen molar-refractivity contribution in [1.29, 1.82) is 0 Å². The fourth-order valence-electron chi connectivity index (χ4n) is 4.19. The number of aryl methyl sites for hydroxylation is 1. The van der Waals surface area contributed by atoms with Gasteiger partial charge < -0.3 is 14.8 Å². The van der Waals surface area contributed by atoms with Gasteiger partial charge in [-0.3, -0.25) is 9.48 Å². The summed E-state index contributed by atoms with van der Waals surface area (Å²) in [6, 6.07) is 2.53. The molecule has 2 atom stereocenters. The van der Waals surface area contributed by atoms with Gasteiger partial charge >= 0.3 is 0 Å². The molecule has 26 heavy (non-hydrogen) atoms. The molecular weight excluding hydrogens is 330 g/mol. The molecule has 1 aliphatic heterocycles. The van der Waals surface area contributed by atoms with Crippen LogP contribution in [-0.4, -0.2) is 47.4 Å². The van der Waals surface area contributed by atoms with Crippen molar-refractivity contribution in [2.45, 2.75) is 62.7 Å². The molecule has 5 rings (SSSR count). The molecule has 3 aliphatic rings. The zero-order chi connectivity index (χ0) is 17.8. The van der Waals surface area contributed by atoms with Crippen LogP contribution in [0.1, 0.15) is 61.4 Å². The van der Waals surface area contributed by atoms with Crippen LogP contribution in [0.5, 0.6) is 0 Å². The summed E-state index contributed by atoms with van der Waals surface area (Å²) in [5.74, 6) is 2.86. The summed E-state index contributed by atoms with van der Waals surface area (Å²) in [7, 11) is 3.99. The Labute approximate surface area is 152 Å². The molecule has 1 amide bonds. The van der Waals surface area contributed by atoms with Crippen LogP contribution in [0.4, 0.5) is 0 Å². The van der Waals surface area contributed by atoms with E-state index in [4.69, 9.17) is 0 Å². The number of amides is 1. The molecule has 0 radical (unpaired) electrons. The molecule has 2 aromatic rings.